The van der Waals surface area contributed by atoms with Gasteiger partial charge in [0.05, 0.1) is 17.4 Å². The molecule has 3 aliphatic heterocycles. The lowest BCUT2D eigenvalue weighted by molar-refractivity contribution is -0.138. The van der Waals surface area contributed by atoms with E-state index >= 15 is 0 Å². The molecule has 0 N–H and O–H groups in total. The lowest BCUT2D eigenvalue weighted by Gasteiger charge is -2.49. The number of rotatable bonds is 4. The van der Waals surface area contributed by atoms with Crippen molar-refractivity contribution < 1.29 is 17.6 Å². The van der Waals surface area contributed by atoms with Crippen molar-refractivity contribution in [2.45, 2.75) is 61.8 Å². The van der Waals surface area contributed by atoms with Crippen LogP contribution in [0.3, 0.4) is 0 Å². The van der Waals surface area contributed by atoms with E-state index in [0.29, 0.717) is 24.5 Å². The molecule has 0 radical (unpaired) electrons. The van der Waals surface area contributed by atoms with E-state index in [4.69, 9.17) is 4.98 Å². The zero-order valence-electron chi connectivity index (χ0n) is 21.5. The summed E-state index contributed by atoms with van der Waals surface area (Å²) < 4.78 is 36.9. The Hall–Kier alpha value is -3.33. The number of amides is 1. The summed E-state index contributed by atoms with van der Waals surface area (Å²) in [6.07, 6.45) is 6.29. The molecule has 3 fully saturated rings. The first kappa shape index (κ1) is 25.0. The average molecular weight is 540 g/mol. The normalized spacial score (nSPS) is 28.8. The van der Waals surface area contributed by atoms with Gasteiger partial charge in [-0.05, 0) is 45.2 Å². The highest BCUT2D eigenvalue weighted by atomic mass is 32.2. The fraction of sp³-hybridized carbons (Fsp3) is 0.577. The standard InChI is InChI=1S/C26H30FN7O3S/c1-17-13-33(24(35)26(14-27)7-9-38(26,36)37)18(2)12-32(17)22-21-23(31-16-30-22)34(15-25(21)5-3-6-25)20-10-19(11-28)4-8-29-20/h4,8,10,16-18H,3,5-7,9,12-15H2,1-2H3/t17-,18+,26+/m0/s1. The Morgan fingerprint density at radius 2 is 1.92 bits per heavy atom. The molecule has 1 amide bonds. The van der Waals surface area contributed by atoms with Crippen molar-refractivity contribution in [1.29, 1.82) is 5.26 Å². The molecule has 4 aliphatic rings. The summed E-state index contributed by atoms with van der Waals surface area (Å²) in [5.41, 5.74) is 1.48. The van der Waals surface area contributed by atoms with Crippen LogP contribution in [0.5, 0.6) is 0 Å². The van der Waals surface area contributed by atoms with E-state index in [1.165, 1.54) is 0 Å². The summed E-state index contributed by atoms with van der Waals surface area (Å²) in [5, 5.41) is 9.39. The molecule has 5 heterocycles. The minimum atomic E-state index is -3.78. The number of carbonyl (C=O) groups excluding carboxylic acids is 1. The molecule has 12 heteroatoms. The largest absolute Gasteiger partial charge is 0.350 e. The van der Waals surface area contributed by atoms with Gasteiger partial charge in [-0.1, -0.05) is 6.42 Å². The minimum absolute atomic E-state index is 0.0325. The van der Waals surface area contributed by atoms with Gasteiger partial charge in [-0.15, -0.1) is 0 Å². The van der Waals surface area contributed by atoms with Crippen molar-refractivity contribution in [3.05, 3.63) is 35.8 Å². The molecular weight excluding hydrogens is 509 g/mol. The first-order valence-electron chi connectivity index (χ1n) is 13.0. The van der Waals surface area contributed by atoms with Crippen LogP contribution in [0.25, 0.3) is 0 Å². The molecule has 0 bridgehead atoms. The second kappa shape index (κ2) is 8.59. The van der Waals surface area contributed by atoms with E-state index in [1.54, 1.807) is 29.6 Å². The number of nitrogens with zero attached hydrogens (tertiary/aromatic N) is 7. The van der Waals surface area contributed by atoms with E-state index < -0.39 is 27.2 Å². The highest BCUT2D eigenvalue weighted by Crippen LogP contribution is 2.56. The van der Waals surface area contributed by atoms with Crippen LogP contribution >= 0.6 is 0 Å². The van der Waals surface area contributed by atoms with Gasteiger partial charge in [0, 0.05) is 48.9 Å². The van der Waals surface area contributed by atoms with Gasteiger partial charge in [-0.25, -0.2) is 27.8 Å². The van der Waals surface area contributed by atoms with Gasteiger partial charge in [-0.2, -0.15) is 5.26 Å². The lowest BCUT2D eigenvalue weighted by Crippen LogP contribution is -2.68. The van der Waals surface area contributed by atoms with Gasteiger partial charge in [0.25, 0.3) is 0 Å². The molecule has 2 aromatic rings. The lowest BCUT2D eigenvalue weighted by atomic mass is 9.66. The number of pyridine rings is 1. The van der Waals surface area contributed by atoms with Gasteiger partial charge in [0.15, 0.2) is 14.6 Å². The predicted molar refractivity (Wildman–Crippen MR) is 139 cm³/mol. The zero-order valence-corrected chi connectivity index (χ0v) is 22.3. The van der Waals surface area contributed by atoms with Crippen molar-refractivity contribution in [2.24, 2.45) is 0 Å². The fourth-order valence-corrected chi connectivity index (χ4v) is 8.07. The number of carbonyl (C=O) groups is 1. The summed E-state index contributed by atoms with van der Waals surface area (Å²) in [5.74, 6) is 1.51. The van der Waals surface area contributed by atoms with Gasteiger partial charge >= 0.3 is 0 Å². The molecule has 2 aromatic heterocycles. The molecule has 1 saturated carbocycles. The molecular formula is C26H30FN7O3S. The molecule has 200 valence electrons. The highest BCUT2D eigenvalue weighted by molar-refractivity contribution is 7.95. The van der Waals surface area contributed by atoms with Crippen molar-refractivity contribution in [3.63, 3.8) is 0 Å². The molecule has 0 unspecified atom stereocenters. The van der Waals surface area contributed by atoms with Gasteiger partial charge < -0.3 is 14.7 Å². The summed E-state index contributed by atoms with van der Waals surface area (Å²) in [4.78, 5) is 33.1. The molecule has 38 heavy (non-hydrogen) atoms. The number of anilines is 3. The maximum absolute atomic E-state index is 14.0. The average Bonchev–Trinajstić information content (AvgIpc) is 3.26. The maximum atomic E-state index is 14.0. The number of fused-ring (bicyclic) bond motifs is 2. The number of hydrogen-bond acceptors (Lipinski definition) is 9. The smallest absolute Gasteiger partial charge is 0.247 e. The summed E-state index contributed by atoms with van der Waals surface area (Å²) >= 11 is 0. The van der Waals surface area contributed by atoms with Crippen LogP contribution in [0.15, 0.2) is 24.7 Å². The molecule has 6 rings (SSSR count). The number of nitriles is 1. The third-order valence-electron chi connectivity index (χ3n) is 9.01. The van der Waals surface area contributed by atoms with Crippen LogP contribution in [0, 0.1) is 11.3 Å². The van der Waals surface area contributed by atoms with Crippen LogP contribution in [-0.2, 0) is 20.0 Å². The second-order valence-electron chi connectivity index (χ2n) is 11.1. The quantitative estimate of drug-likeness (QED) is 0.576. The molecule has 3 atom stereocenters. The molecule has 0 aromatic carbocycles. The van der Waals surface area contributed by atoms with Crippen LogP contribution in [0.1, 0.15) is 50.7 Å². The first-order valence-corrected chi connectivity index (χ1v) is 14.7. The Morgan fingerprint density at radius 3 is 2.53 bits per heavy atom. The van der Waals surface area contributed by atoms with Crippen molar-refractivity contribution in [2.75, 3.05) is 41.9 Å². The van der Waals surface area contributed by atoms with Crippen molar-refractivity contribution in [3.8, 4) is 6.07 Å². The number of alkyl halides is 1. The van der Waals surface area contributed by atoms with Crippen LogP contribution in [0.4, 0.5) is 21.8 Å². The predicted octanol–water partition coefficient (Wildman–Crippen LogP) is 2.27. The monoisotopic (exact) mass is 539 g/mol. The fourth-order valence-electron chi connectivity index (χ4n) is 6.49. The molecule has 1 aliphatic carbocycles. The van der Waals surface area contributed by atoms with Gasteiger partial charge in [-0.3, -0.25) is 4.79 Å². The summed E-state index contributed by atoms with van der Waals surface area (Å²) in [6.45, 7) is 4.09. The molecule has 2 saturated heterocycles. The van der Waals surface area contributed by atoms with Crippen LogP contribution < -0.4 is 9.80 Å². The number of sulfone groups is 1. The van der Waals surface area contributed by atoms with E-state index in [9.17, 15) is 22.9 Å². The Labute approximate surface area is 221 Å². The summed E-state index contributed by atoms with van der Waals surface area (Å²) in [6, 6.07) is 5.13. The van der Waals surface area contributed by atoms with Crippen molar-refractivity contribution in [1.82, 2.24) is 19.9 Å². The highest BCUT2D eigenvalue weighted by Gasteiger charge is 2.61. The number of piperazine rings is 1. The topological polar surface area (TPSA) is 123 Å². The Bertz CT molecular complexity index is 1450. The molecule has 10 nitrogen and oxygen atoms in total. The second-order valence-corrected chi connectivity index (χ2v) is 13.6. The van der Waals surface area contributed by atoms with Gasteiger partial charge in [0.1, 0.15) is 30.5 Å². The third kappa shape index (κ3) is 3.37. The van der Waals surface area contributed by atoms with E-state index in [-0.39, 0.29) is 36.2 Å². The molecule has 1 spiro atoms. The number of aromatic nitrogens is 3. The van der Waals surface area contributed by atoms with E-state index in [1.807, 2.05) is 13.8 Å². The van der Waals surface area contributed by atoms with Crippen LogP contribution in [-0.4, -0.2) is 83.1 Å². The Morgan fingerprint density at radius 1 is 1.16 bits per heavy atom. The van der Waals surface area contributed by atoms with Crippen LogP contribution in [0.2, 0.25) is 0 Å². The third-order valence-corrected chi connectivity index (χ3v) is 11.4. The Balaban J connectivity index is 1.34. The van der Waals surface area contributed by atoms with Gasteiger partial charge in [0.2, 0.25) is 5.91 Å². The SMILES string of the molecule is C[C@@H]1CN(c2ncnc3c2C2(CCC2)CN3c2cc(C#N)ccn2)[C@@H](C)CN1C(=O)[C@]1(CF)CCS1(=O)=O. The Kier molecular flexibility index (Phi) is 5.65. The van der Waals surface area contributed by atoms with Crippen molar-refractivity contribution >= 4 is 33.2 Å². The summed E-state index contributed by atoms with van der Waals surface area (Å²) in [7, 11) is -3.78. The first-order chi connectivity index (χ1) is 18.2. The minimum Gasteiger partial charge on any atom is -0.350 e. The zero-order chi connectivity index (χ0) is 26.9. The van der Waals surface area contributed by atoms with E-state index in [2.05, 4.69) is 25.8 Å². The number of hydrogen-bond donors (Lipinski definition) is 0. The number of halogens is 1. The van der Waals surface area contributed by atoms with E-state index in [0.717, 1.165) is 36.5 Å². The maximum Gasteiger partial charge on any atom is 0.247 e.